The van der Waals surface area contributed by atoms with E-state index in [4.69, 9.17) is 9.47 Å². The fraction of sp³-hybridized carbons (Fsp3) is 0.375. The lowest BCUT2D eigenvalue weighted by Gasteiger charge is -2.17. The molecule has 4 amide bonds. The van der Waals surface area contributed by atoms with Gasteiger partial charge in [0.2, 0.25) is 0 Å². The highest BCUT2D eigenvalue weighted by Gasteiger charge is 2.30. The van der Waals surface area contributed by atoms with Crippen molar-refractivity contribution in [3.8, 4) is 0 Å². The van der Waals surface area contributed by atoms with Crippen LogP contribution in [0, 0.1) is 13.8 Å². The van der Waals surface area contributed by atoms with Gasteiger partial charge in [-0.25, -0.2) is 9.59 Å². The van der Waals surface area contributed by atoms with Gasteiger partial charge in [-0.3, -0.25) is 19.2 Å². The summed E-state index contributed by atoms with van der Waals surface area (Å²) in [5, 5.41) is 5.76. The molecule has 0 radical (unpaired) electrons. The number of carbonyl (C=O) groups is 6. The molecule has 0 unspecified atom stereocenters. The molecule has 0 aliphatic rings. The number of hydrogen-bond donors (Lipinski definition) is 2. The minimum atomic E-state index is -0.688. The molecule has 0 aliphatic heterocycles. The number of thiophene rings is 2. The van der Waals surface area contributed by atoms with E-state index in [1.54, 1.807) is 23.6 Å². The fourth-order valence-corrected chi connectivity index (χ4v) is 7.05. The number of carbonyl (C=O) groups excluding carboxylic acids is 6. The summed E-state index contributed by atoms with van der Waals surface area (Å²) in [6.07, 6.45) is 0. The highest BCUT2D eigenvalue weighted by atomic mass is 32.1. The van der Waals surface area contributed by atoms with Crippen LogP contribution in [0.15, 0.2) is 24.3 Å². The van der Waals surface area contributed by atoms with Gasteiger partial charge in [-0.2, -0.15) is 0 Å². The SMILES string of the molecule is CCN(CC)C(=O)c1sc(NC(=O)c2ccc(C(=O)Nc3sc(C(=O)N(CC)CC)c(C)c3C(=O)OC)cc2)c(C(=O)OC)c1C. The molecule has 12 nitrogen and oxygen atoms in total. The van der Waals surface area contributed by atoms with Crippen LogP contribution in [0.25, 0.3) is 0 Å². The second-order valence-corrected chi connectivity index (χ2v) is 12.0. The Hall–Kier alpha value is -4.56. The quantitative estimate of drug-likeness (QED) is 0.241. The van der Waals surface area contributed by atoms with Crippen molar-refractivity contribution in [2.75, 3.05) is 51.0 Å². The first-order valence-corrected chi connectivity index (χ1v) is 16.3. The van der Waals surface area contributed by atoms with E-state index in [9.17, 15) is 28.8 Å². The third kappa shape index (κ3) is 7.29. The summed E-state index contributed by atoms with van der Waals surface area (Å²) in [5.74, 6) is -3.02. The van der Waals surface area contributed by atoms with Crippen molar-refractivity contribution in [1.82, 2.24) is 9.80 Å². The van der Waals surface area contributed by atoms with E-state index in [0.717, 1.165) is 22.7 Å². The molecule has 0 fully saturated rings. The molecule has 0 saturated carbocycles. The number of nitrogens with zero attached hydrogens (tertiary/aromatic N) is 2. The Balaban J connectivity index is 1.87. The third-order valence-corrected chi connectivity index (χ3v) is 9.82. The molecule has 2 heterocycles. The largest absolute Gasteiger partial charge is 0.465 e. The lowest BCUT2D eigenvalue weighted by atomic mass is 10.1. The van der Waals surface area contributed by atoms with Crippen molar-refractivity contribution in [1.29, 1.82) is 0 Å². The summed E-state index contributed by atoms with van der Waals surface area (Å²) in [4.78, 5) is 81.7. The number of hydrogen-bond acceptors (Lipinski definition) is 10. The maximum Gasteiger partial charge on any atom is 0.341 e. The molecule has 1 aromatic carbocycles. The molecule has 246 valence electrons. The van der Waals surface area contributed by atoms with Crippen molar-refractivity contribution >= 4 is 68.2 Å². The number of methoxy groups -OCH3 is 2. The molecule has 14 heteroatoms. The summed E-state index contributed by atoms with van der Waals surface area (Å²) in [6.45, 7) is 12.6. The maximum absolute atomic E-state index is 13.2. The predicted octanol–water partition coefficient (Wildman–Crippen LogP) is 5.47. The Morgan fingerprint density at radius 3 is 1.17 bits per heavy atom. The lowest BCUT2D eigenvalue weighted by molar-refractivity contribution is 0.0592. The molecule has 2 aromatic heterocycles. The lowest BCUT2D eigenvalue weighted by Crippen LogP contribution is -2.30. The van der Waals surface area contributed by atoms with E-state index < -0.39 is 23.8 Å². The van der Waals surface area contributed by atoms with Gasteiger partial charge in [-0.05, 0) is 76.9 Å². The van der Waals surface area contributed by atoms with Crippen LogP contribution in [0.5, 0.6) is 0 Å². The van der Waals surface area contributed by atoms with Crippen LogP contribution < -0.4 is 10.6 Å². The first-order chi connectivity index (χ1) is 21.9. The van der Waals surface area contributed by atoms with E-state index in [-0.39, 0.29) is 44.1 Å². The van der Waals surface area contributed by atoms with E-state index in [1.807, 2.05) is 27.7 Å². The number of benzene rings is 1. The number of amides is 4. The van der Waals surface area contributed by atoms with Gasteiger partial charge < -0.3 is 29.9 Å². The average Bonchev–Trinajstić information content (AvgIpc) is 3.56. The smallest absolute Gasteiger partial charge is 0.341 e. The molecule has 0 bridgehead atoms. The van der Waals surface area contributed by atoms with Crippen molar-refractivity contribution < 1.29 is 38.2 Å². The molecule has 0 atom stereocenters. The number of ether oxygens (including phenoxy) is 2. The monoisotopic (exact) mass is 670 g/mol. The standard InChI is InChI=1S/C32H38N4O8S2/c1-9-35(10-2)29(39)23-17(5)21(31(41)43-7)27(45-23)33-25(37)19-13-15-20(16-14-19)26(38)34-28-22(32(42)44-8)18(6)24(46-28)30(40)36(11-3)12-4/h13-16H,9-12H2,1-8H3,(H,33,37)(H,34,38). The Morgan fingerprint density at radius 2 is 0.913 bits per heavy atom. The van der Waals surface area contributed by atoms with Gasteiger partial charge in [0.25, 0.3) is 23.6 Å². The molecule has 0 saturated heterocycles. The number of anilines is 2. The highest BCUT2D eigenvalue weighted by molar-refractivity contribution is 7.19. The van der Waals surface area contributed by atoms with Gasteiger partial charge >= 0.3 is 11.9 Å². The molecular formula is C32H38N4O8S2. The van der Waals surface area contributed by atoms with Crippen LogP contribution in [0.1, 0.15) is 99.6 Å². The first kappa shape index (κ1) is 35.9. The van der Waals surface area contributed by atoms with E-state index in [2.05, 4.69) is 10.6 Å². The van der Waals surface area contributed by atoms with Gasteiger partial charge in [0.05, 0.1) is 35.1 Å². The van der Waals surface area contributed by atoms with Crippen LogP contribution in [0.3, 0.4) is 0 Å². The van der Waals surface area contributed by atoms with Gasteiger partial charge in [0, 0.05) is 37.3 Å². The van der Waals surface area contributed by atoms with Crippen LogP contribution in [-0.4, -0.2) is 85.8 Å². The molecule has 0 aliphatic carbocycles. The zero-order chi connectivity index (χ0) is 34.3. The minimum Gasteiger partial charge on any atom is -0.465 e. The number of nitrogens with one attached hydrogen (secondary N) is 2. The first-order valence-electron chi connectivity index (χ1n) is 14.6. The Morgan fingerprint density at radius 1 is 0.609 bits per heavy atom. The normalized spacial score (nSPS) is 10.6. The van der Waals surface area contributed by atoms with Crippen molar-refractivity contribution in [2.24, 2.45) is 0 Å². The van der Waals surface area contributed by atoms with Crippen molar-refractivity contribution in [2.45, 2.75) is 41.5 Å². The number of esters is 2. The summed E-state index contributed by atoms with van der Waals surface area (Å²) < 4.78 is 9.83. The molecule has 2 N–H and O–H groups in total. The molecule has 0 spiro atoms. The zero-order valence-electron chi connectivity index (χ0n) is 27.1. The van der Waals surface area contributed by atoms with Crippen LogP contribution in [0.4, 0.5) is 10.0 Å². The molecule has 3 rings (SSSR count). The third-order valence-electron chi connectivity index (χ3n) is 7.43. The Labute approximate surface area is 275 Å². The predicted molar refractivity (Wildman–Crippen MR) is 178 cm³/mol. The summed E-state index contributed by atoms with van der Waals surface area (Å²) in [7, 11) is 2.44. The van der Waals surface area contributed by atoms with E-state index >= 15 is 0 Å². The van der Waals surface area contributed by atoms with Gasteiger partial charge in [-0.1, -0.05) is 0 Å². The molecular weight excluding hydrogens is 633 g/mol. The van der Waals surface area contributed by atoms with Crippen LogP contribution in [-0.2, 0) is 9.47 Å². The number of rotatable bonds is 12. The second-order valence-electron chi connectivity index (χ2n) is 9.94. The minimum absolute atomic E-state index is 0.0962. The van der Waals surface area contributed by atoms with Crippen molar-refractivity contribution in [3.63, 3.8) is 0 Å². The summed E-state index contributed by atoms with van der Waals surface area (Å²) in [5.41, 5.74) is 1.38. The van der Waals surface area contributed by atoms with Crippen LogP contribution in [0.2, 0.25) is 0 Å². The second kappa shape index (κ2) is 15.6. The topological polar surface area (TPSA) is 151 Å². The Bertz CT molecular complexity index is 1530. The summed E-state index contributed by atoms with van der Waals surface area (Å²) >= 11 is 1.99. The molecule has 46 heavy (non-hydrogen) atoms. The average molecular weight is 671 g/mol. The Kier molecular flexibility index (Phi) is 12.2. The maximum atomic E-state index is 13.2. The fourth-order valence-electron chi connectivity index (χ4n) is 4.74. The van der Waals surface area contributed by atoms with Gasteiger partial charge in [0.1, 0.15) is 10.0 Å². The van der Waals surface area contributed by atoms with Gasteiger partial charge in [-0.15, -0.1) is 22.7 Å². The zero-order valence-corrected chi connectivity index (χ0v) is 28.7. The van der Waals surface area contributed by atoms with E-state index in [0.29, 0.717) is 47.1 Å². The van der Waals surface area contributed by atoms with Gasteiger partial charge in [0.15, 0.2) is 0 Å². The van der Waals surface area contributed by atoms with E-state index in [1.165, 1.54) is 38.5 Å². The van der Waals surface area contributed by atoms with Crippen molar-refractivity contribution in [3.05, 3.63) is 67.4 Å². The summed E-state index contributed by atoms with van der Waals surface area (Å²) in [6, 6.07) is 5.73. The van der Waals surface area contributed by atoms with Crippen LogP contribution >= 0.6 is 22.7 Å². The highest BCUT2D eigenvalue weighted by Crippen LogP contribution is 2.36. The molecule has 3 aromatic rings.